The fourth-order valence-corrected chi connectivity index (χ4v) is 1.74. The lowest BCUT2D eigenvalue weighted by Crippen LogP contribution is -2.17. The molecule has 0 aliphatic carbocycles. The summed E-state index contributed by atoms with van der Waals surface area (Å²) in [7, 11) is 0. The molecule has 0 fully saturated rings. The molecule has 0 radical (unpaired) electrons. The Morgan fingerprint density at radius 2 is 1.43 bits per heavy atom. The molecule has 2 nitrogen and oxygen atoms in total. The summed E-state index contributed by atoms with van der Waals surface area (Å²) in [6, 6.07) is 2.85. The second kappa shape index (κ2) is 5.19. The zero-order valence-electron chi connectivity index (χ0n) is 10.0. The van der Waals surface area contributed by atoms with Gasteiger partial charge in [0, 0.05) is 18.2 Å². The standard InChI is InChI=1S/C13H6F6O2/c14-7-3-10(15)12(11(16)4-7)6-1-8(20)5-9(2-6)21-13(17,18)19/h1-5,20H. The molecular weight excluding hydrogens is 302 g/mol. The lowest BCUT2D eigenvalue weighted by atomic mass is 10.0. The molecule has 8 heteroatoms. The average molecular weight is 308 g/mol. The Kier molecular flexibility index (Phi) is 3.71. The minimum absolute atomic E-state index is 0.368. The van der Waals surface area contributed by atoms with Gasteiger partial charge in [0.15, 0.2) is 0 Å². The summed E-state index contributed by atoms with van der Waals surface area (Å²) < 4.78 is 79.9. The number of benzene rings is 2. The van der Waals surface area contributed by atoms with Gasteiger partial charge >= 0.3 is 6.36 Å². The molecule has 0 heterocycles. The molecule has 2 aromatic carbocycles. The van der Waals surface area contributed by atoms with E-state index in [-0.39, 0.29) is 0 Å². The first-order valence-corrected chi connectivity index (χ1v) is 5.40. The maximum Gasteiger partial charge on any atom is 0.573 e. The predicted octanol–water partition coefficient (Wildman–Crippen LogP) is 4.38. The lowest BCUT2D eigenvalue weighted by Gasteiger charge is -2.12. The van der Waals surface area contributed by atoms with Crippen molar-refractivity contribution in [3.05, 3.63) is 47.8 Å². The van der Waals surface area contributed by atoms with Gasteiger partial charge in [-0.3, -0.25) is 0 Å². The monoisotopic (exact) mass is 308 g/mol. The number of phenolic OH excluding ortho intramolecular Hbond substituents is 1. The molecule has 0 amide bonds. The van der Waals surface area contributed by atoms with E-state index >= 15 is 0 Å². The van der Waals surface area contributed by atoms with Gasteiger partial charge in [0.25, 0.3) is 0 Å². The Morgan fingerprint density at radius 1 is 0.857 bits per heavy atom. The van der Waals surface area contributed by atoms with Gasteiger partial charge < -0.3 is 9.84 Å². The smallest absolute Gasteiger partial charge is 0.508 e. The fraction of sp³-hybridized carbons (Fsp3) is 0.0769. The maximum absolute atomic E-state index is 13.6. The topological polar surface area (TPSA) is 29.5 Å². The van der Waals surface area contributed by atoms with Gasteiger partial charge in [-0.05, 0) is 17.7 Å². The largest absolute Gasteiger partial charge is 0.573 e. The van der Waals surface area contributed by atoms with E-state index in [9.17, 15) is 31.4 Å². The molecular formula is C13H6F6O2. The average Bonchev–Trinajstić information content (AvgIpc) is 2.23. The summed E-state index contributed by atoms with van der Waals surface area (Å²) in [5.41, 5.74) is -1.21. The maximum atomic E-state index is 13.6. The van der Waals surface area contributed by atoms with E-state index in [0.717, 1.165) is 6.07 Å². The Labute approximate surface area is 114 Å². The number of halogens is 6. The highest BCUT2D eigenvalue weighted by Gasteiger charge is 2.31. The number of hydrogen-bond donors (Lipinski definition) is 1. The van der Waals surface area contributed by atoms with Gasteiger partial charge in [0.1, 0.15) is 29.0 Å². The van der Waals surface area contributed by atoms with Crippen molar-refractivity contribution < 1.29 is 36.2 Å². The van der Waals surface area contributed by atoms with Crippen LogP contribution < -0.4 is 4.74 Å². The highest BCUT2D eigenvalue weighted by atomic mass is 19.4. The summed E-state index contributed by atoms with van der Waals surface area (Å²) in [5, 5.41) is 9.32. The van der Waals surface area contributed by atoms with E-state index in [0.29, 0.717) is 24.3 Å². The van der Waals surface area contributed by atoms with E-state index in [1.54, 1.807) is 0 Å². The molecule has 0 aromatic heterocycles. The van der Waals surface area contributed by atoms with Crippen LogP contribution >= 0.6 is 0 Å². The fourth-order valence-electron chi connectivity index (χ4n) is 1.74. The van der Waals surface area contributed by atoms with Crippen molar-refractivity contribution in [1.82, 2.24) is 0 Å². The van der Waals surface area contributed by atoms with E-state index in [1.807, 2.05) is 0 Å². The zero-order valence-corrected chi connectivity index (χ0v) is 10.0. The first-order chi connectivity index (χ1) is 9.65. The quantitative estimate of drug-likeness (QED) is 0.835. The van der Waals surface area contributed by atoms with Gasteiger partial charge in [-0.2, -0.15) is 0 Å². The van der Waals surface area contributed by atoms with Gasteiger partial charge in [0.05, 0.1) is 5.56 Å². The van der Waals surface area contributed by atoms with Gasteiger partial charge in [-0.25, -0.2) is 13.2 Å². The molecule has 2 rings (SSSR count). The third kappa shape index (κ3) is 3.59. The highest BCUT2D eigenvalue weighted by molar-refractivity contribution is 5.68. The predicted molar refractivity (Wildman–Crippen MR) is 60.1 cm³/mol. The minimum Gasteiger partial charge on any atom is -0.508 e. The van der Waals surface area contributed by atoms with Gasteiger partial charge in [0.2, 0.25) is 0 Å². The van der Waals surface area contributed by atoms with E-state index in [2.05, 4.69) is 4.74 Å². The Hall–Kier alpha value is -2.38. The molecule has 0 atom stereocenters. The first-order valence-electron chi connectivity index (χ1n) is 5.40. The summed E-state index contributed by atoms with van der Waals surface area (Å²) in [5.74, 6) is -5.39. The highest BCUT2D eigenvalue weighted by Crippen LogP contribution is 2.34. The third-order valence-electron chi connectivity index (χ3n) is 2.42. The molecule has 0 aliphatic rings. The van der Waals surface area contributed by atoms with E-state index in [4.69, 9.17) is 0 Å². The Balaban J connectivity index is 2.55. The van der Waals surface area contributed by atoms with Crippen LogP contribution in [0.15, 0.2) is 30.3 Å². The summed E-state index contributed by atoms with van der Waals surface area (Å²) in [6.07, 6.45) is -5.04. The van der Waals surface area contributed by atoms with Crippen molar-refractivity contribution in [2.45, 2.75) is 6.36 Å². The molecule has 2 aromatic rings. The first kappa shape index (κ1) is 15.0. The van der Waals surface area contributed by atoms with Gasteiger partial charge in [-0.15, -0.1) is 13.2 Å². The summed E-state index contributed by atoms with van der Waals surface area (Å²) >= 11 is 0. The minimum atomic E-state index is -5.04. The summed E-state index contributed by atoms with van der Waals surface area (Å²) in [6.45, 7) is 0. The van der Waals surface area contributed by atoms with E-state index in [1.165, 1.54) is 0 Å². The second-order valence-corrected chi connectivity index (χ2v) is 4.01. The van der Waals surface area contributed by atoms with E-state index < -0.39 is 46.4 Å². The van der Waals surface area contributed by atoms with Crippen molar-refractivity contribution in [3.8, 4) is 22.6 Å². The molecule has 0 saturated carbocycles. The van der Waals surface area contributed by atoms with Gasteiger partial charge in [-0.1, -0.05) is 0 Å². The SMILES string of the molecule is Oc1cc(OC(F)(F)F)cc(-c2c(F)cc(F)cc2F)c1. The van der Waals surface area contributed by atoms with Crippen LogP contribution in [0.1, 0.15) is 0 Å². The van der Waals surface area contributed by atoms with Crippen LogP contribution in [0.5, 0.6) is 11.5 Å². The molecule has 0 saturated heterocycles. The third-order valence-corrected chi connectivity index (χ3v) is 2.42. The van der Waals surface area contributed by atoms with Crippen LogP contribution in [0.25, 0.3) is 11.1 Å². The molecule has 0 spiro atoms. The molecule has 0 aliphatic heterocycles. The van der Waals surface area contributed by atoms with Crippen molar-refractivity contribution >= 4 is 0 Å². The number of ether oxygens (including phenoxy) is 1. The molecule has 0 bridgehead atoms. The second-order valence-electron chi connectivity index (χ2n) is 4.01. The van der Waals surface area contributed by atoms with Crippen LogP contribution in [-0.2, 0) is 0 Å². The van der Waals surface area contributed by atoms with Crippen LogP contribution in [0, 0.1) is 17.5 Å². The lowest BCUT2D eigenvalue weighted by molar-refractivity contribution is -0.274. The van der Waals surface area contributed by atoms with Crippen LogP contribution in [-0.4, -0.2) is 11.5 Å². The van der Waals surface area contributed by atoms with Crippen LogP contribution in [0.3, 0.4) is 0 Å². The number of rotatable bonds is 2. The molecule has 21 heavy (non-hydrogen) atoms. The Morgan fingerprint density at radius 3 is 1.95 bits per heavy atom. The van der Waals surface area contributed by atoms with Crippen molar-refractivity contribution in [1.29, 1.82) is 0 Å². The van der Waals surface area contributed by atoms with Crippen molar-refractivity contribution in [2.75, 3.05) is 0 Å². The van der Waals surface area contributed by atoms with Crippen molar-refractivity contribution in [2.24, 2.45) is 0 Å². The zero-order chi connectivity index (χ0) is 15.8. The summed E-state index contributed by atoms with van der Waals surface area (Å²) in [4.78, 5) is 0. The van der Waals surface area contributed by atoms with Crippen LogP contribution in [0.4, 0.5) is 26.3 Å². The van der Waals surface area contributed by atoms with Crippen molar-refractivity contribution in [3.63, 3.8) is 0 Å². The normalized spacial score (nSPS) is 11.5. The Bertz CT molecular complexity index is 658. The number of hydrogen-bond acceptors (Lipinski definition) is 2. The molecule has 0 unspecified atom stereocenters. The number of aromatic hydroxyl groups is 1. The van der Waals surface area contributed by atoms with Crippen LogP contribution in [0.2, 0.25) is 0 Å². The molecule has 112 valence electrons. The molecule has 1 N–H and O–H groups in total. The number of alkyl halides is 3. The number of phenols is 1.